The van der Waals surface area contributed by atoms with Gasteiger partial charge in [0, 0.05) is 3.92 Å². The average molecular weight is 434 g/mol. The van der Waals surface area contributed by atoms with Crippen LogP contribution in [0.2, 0.25) is 0 Å². The molecule has 0 aromatic heterocycles. The van der Waals surface area contributed by atoms with Gasteiger partial charge in [-0.1, -0.05) is 118 Å². The number of hydrogen-bond donors (Lipinski definition) is 1. The zero-order valence-corrected chi connectivity index (χ0v) is 17.6. The third-order valence-electron chi connectivity index (χ3n) is 3.92. The highest BCUT2D eigenvalue weighted by Gasteiger charge is 2.04. The minimum atomic E-state index is 0.805. The molecule has 1 atom stereocenters. The molecule has 0 spiro atoms. The van der Waals surface area contributed by atoms with E-state index in [0.29, 0.717) is 0 Å². The molecule has 0 aliphatic carbocycles. The van der Waals surface area contributed by atoms with Gasteiger partial charge in [0.15, 0.2) is 0 Å². The summed E-state index contributed by atoms with van der Waals surface area (Å²) in [7, 11) is 0. The Morgan fingerprint density at radius 2 is 1.32 bits per heavy atom. The molecule has 1 rings (SSSR count). The molecule has 0 bridgehead atoms. The van der Waals surface area contributed by atoms with Crippen LogP contribution in [0.4, 0.5) is 0 Å². The van der Waals surface area contributed by atoms with Crippen LogP contribution < -0.4 is 0 Å². The standard InChI is InChI=1S/C19H31I.CH4S/c1-2-3-4-5-6-7-8-9-13-16-19(20)17-18-14-11-10-12-15-18;1-2/h10-12,14-15,19H,2-9,13,16-17H2,1H3;2H,1H3. The molecule has 0 saturated heterocycles. The van der Waals surface area contributed by atoms with Crippen LogP contribution in [0.3, 0.4) is 0 Å². The molecule has 2 heteroatoms. The van der Waals surface area contributed by atoms with Crippen molar-refractivity contribution < 1.29 is 0 Å². The SMILES string of the molecule is CCCCCCCCCCCC(I)Cc1ccccc1.CS. The predicted octanol–water partition coefficient (Wildman–Crippen LogP) is 7.50. The maximum atomic E-state index is 3.53. The van der Waals surface area contributed by atoms with E-state index < -0.39 is 0 Å². The quantitative estimate of drug-likeness (QED) is 0.150. The molecular formula is C20H35IS. The Balaban J connectivity index is 0.00000211. The zero-order valence-electron chi connectivity index (χ0n) is 14.6. The number of thiol groups is 1. The molecule has 0 heterocycles. The molecule has 1 aromatic rings. The van der Waals surface area contributed by atoms with Crippen molar-refractivity contribution >= 4 is 35.2 Å². The molecule has 128 valence electrons. The van der Waals surface area contributed by atoms with Crippen molar-refractivity contribution in [1.29, 1.82) is 0 Å². The third-order valence-corrected chi connectivity index (χ3v) is 4.98. The van der Waals surface area contributed by atoms with Crippen LogP contribution in [-0.2, 0) is 6.42 Å². The Hall–Kier alpha value is 0.300. The summed E-state index contributed by atoms with van der Waals surface area (Å²) in [4.78, 5) is 0. The van der Waals surface area contributed by atoms with E-state index in [1.807, 2.05) is 0 Å². The van der Waals surface area contributed by atoms with Gasteiger partial charge >= 0.3 is 0 Å². The molecule has 0 aliphatic heterocycles. The van der Waals surface area contributed by atoms with Crippen LogP contribution in [0.1, 0.15) is 76.7 Å². The summed E-state index contributed by atoms with van der Waals surface area (Å²) < 4.78 is 0.805. The maximum absolute atomic E-state index is 3.53. The van der Waals surface area contributed by atoms with E-state index in [2.05, 4.69) is 72.5 Å². The minimum absolute atomic E-state index is 0.805. The number of benzene rings is 1. The van der Waals surface area contributed by atoms with Crippen LogP contribution in [0.5, 0.6) is 0 Å². The molecule has 22 heavy (non-hydrogen) atoms. The first-order valence-corrected chi connectivity index (χ1v) is 11.1. The lowest BCUT2D eigenvalue weighted by Crippen LogP contribution is -2.02. The summed E-state index contributed by atoms with van der Waals surface area (Å²) in [6.45, 7) is 2.29. The molecule has 0 aliphatic rings. The molecule has 0 fully saturated rings. The van der Waals surface area contributed by atoms with Gasteiger partial charge in [-0.15, -0.1) is 0 Å². The van der Waals surface area contributed by atoms with E-state index in [4.69, 9.17) is 0 Å². The lowest BCUT2D eigenvalue weighted by molar-refractivity contribution is 0.554. The first-order chi connectivity index (χ1) is 10.8. The van der Waals surface area contributed by atoms with E-state index >= 15 is 0 Å². The molecule has 0 radical (unpaired) electrons. The van der Waals surface area contributed by atoms with Crippen molar-refractivity contribution in [2.45, 2.75) is 81.5 Å². The fourth-order valence-electron chi connectivity index (χ4n) is 2.65. The molecule has 1 aromatic carbocycles. The Morgan fingerprint density at radius 3 is 1.86 bits per heavy atom. The summed E-state index contributed by atoms with van der Waals surface area (Å²) in [5.74, 6) is 0. The van der Waals surface area contributed by atoms with Gasteiger partial charge in [0.2, 0.25) is 0 Å². The fourth-order valence-corrected chi connectivity index (χ4v) is 3.60. The van der Waals surface area contributed by atoms with Gasteiger partial charge < -0.3 is 0 Å². The second-order valence-electron chi connectivity index (χ2n) is 5.90. The topological polar surface area (TPSA) is 0 Å². The summed E-state index contributed by atoms with van der Waals surface area (Å²) in [6, 6.07) is 10.9. The molecule has 0 saturated carbocycles. The number of rotatable bonds is 12. The zero-order chi connectivity index (χ0) is 16.5. The summed E-state index contributed by atoms with van der Waals surface area (Å²) >= 11 is 6.16. The number of hydrogen-bond acceptors (Lipinski definition) is 1. The van der Waals surface area contributed by atoms with Crippen molar-refractivity contribution in [2.24, 2.45) is 0 Å². The van der Waals surface area contributed by atoms with Crippen molar-refractivity contribution in [3.8, 4) is 0 Å². The van der Waals surface area contributed by atoms with Gasteiger partial charge in [0.05, 0.1) is 0 Å². The normalized spacial score (nSPS) is 11.6. The molecule has 0 amide bonds. The first-order valence-electron chi connectivity index (χ1n) is 8.95. The van der Waals surface area contributed by atoms with Crippen LogP contribution >= 0.6 is 35.2 Å². The monoisotopic (exact) mass is 434 g/mol. The van der Waals surface area contributed by atoms with Crippen molar-refractivity contribution in [3.63, 3.8) is 0 Å². The van der Waals surface area contributed by atoms with E-state index in [1.165, 1.54) is 76.2 Å². The lowest BCUT2D eigenvalue weighted by atomic mass is 10.0. The molecular weight excluding hydrogens is 399 g/mol. The fraction of sp³-hybridized carbons (Fsp3) is 0.700. The summed E-state index contributed by atoms with van der Waals surface area (Å²) in [5, 5.41) is 0. The van der Waals surface area contributed by atoms with Gasteiger partial charge in [0.1, 0.15) is 0 Å². The highest BCUT2D eigenvalue weighted by Crippen LogP contribution is 2.18. The van der Waals surface area contributed by atoms with E-state index in [0.717, 1.165) is 3.92 Å². The van der Waals surface area contributed by atoms with Crippen LogP contribution in [0.15, 0.2) is 30.3 Å². The number of halogens is 1. The van der Waals surface area contributed by atoms with Crippen molar-refractivity contribution in [3.05, 3.63) is 35.9 Å². The minimum Gasteiger partial charge on any atom is -0.183 e. The second kappa shape index (κ2) is 17.7. The number of alkyl halides is 1. The Kier molecular flexibility index (Phi) is 17.9. The second-order valence-corrected chi connectivity index (χ2v) is 7.67. The van der Waals surface area contributed by atoms with E-state index in [9.17, 15) is 0 Å². The van der Waals surface area contributed by atoms with E-state index in [1.54, 1.807) is 6.26 Å². The summed E-state index contributed by atoms with van der Waals surface area (Å²) in [5.41, 5.74) is 1.49. The van der Waals surface area contributed by atoms with Gasteiger partial charge in [-0.2, -0.15) is 12.6 Å². The largest absolute Gasteiger partial charge is 0.183 e. The van der Waals surface area contributed by atoms with Gasteiger partial charge in [-0.25, -0.2) is 0 Å². The van der Waals surface area contributed by atoms with Crippen molar-refractivity contribution in [2.75, 3.05) is 6.26 Å². The first kappa shape index (κ1) is 22.3. The smallest absolute Gasteiger partial charge is 0.0150 e. The highest BCUT2D eigenvalue weighted by atomic mass is 127. The average Bonchev–Trinajstić information content (AvgIpc) is 2.56. The van der Waals surface area contributed by atoms with Crippen LogP contribution in [-0.4, -0.2) is 10.2 Å². The maximum Gasteiger partial charge on any atom is 0.0150 e. The molecule has 0 nitrogen and oxygen atoms in total. The third kappa shape index (κ3) is 13.9. The Bertz CT molecular complexity index is 313. The van der Waals surface area contributed by atoms with Gasteiger partial charge in [-0.3, -0.25) is 0 Å². The Labute approximate surface area is 158 Å². The number of unbranched alkanes of at least 4 members (excludes halogenated alkanes) is 8. The van der Waals surface area contributed by atoms with Crippen molar-refractivity contribution in [1.82, 2.24) is 0 Å². The van der Waals surface area contributed by atoms with Crippen LogP contribution in [0.25, 0.3) is 0 Å². The highest BCUT2D eigenvalue weighted by molar-refractivity contribution is 14.1. The van der Waals surface area contributed by atoms with Crippen LogP contribution in [0, 0.1) is 0 Å². The lowest BCUT2D eigenvalue weighted by Gasteiger charge is -2.09. The van der Waals surface area contributed by atoms with E-state index in [-0.39, 0.29) is 0 Å². The molecule has 0 N–H and O–H groups in total. The summed E-state index contributed by atoms with van der Waals surface area (Å²) in [6.07, 6.45) is 17.2. The van der Waals surface area contributed by atoms with Gasteiger partial charge in [-0.05, 0) is 24.7 Å². The van der Waals surface area contributed by atoms with Gasteiger partial charge in [0.25, 0.3) is 0 Å². The molecule has 1 unspecified atom stereocenters. The predicted molar refractivity (Wildman–Crippen MR) is 115 cm³/mol. The Morgan fingerprint density at radius 1 is 0.818 bits per heavy atom.